The normalized spacial score (nSPS) is 17.3. The number of thiophene rings is 1. The Hall–Kier alpha value is -2.47. The van der Waals surface area contributed by atoms with Crippen molar-refractivity contribution in [3.8, 4) is 0 Å². The zero-order chi connectivity index (χ0) is 17.3. The highest BCUT2D eigenvalue weighted by atomic mass is 32.1. The third kappa shape index (κ3) is 2.97. The third-order valence-electron chi connectivity index (χ3n) is 3.93. The van der Waals surface area contributed by atoms with Gasteiger partial charge in [0, 0.05) is 5.70 Å². The predicted molar refractivity (Wildman–Crippen MR) is 92.6 cm³/mol. The summed E-state index contributed by atoms with van der Waals surface area (Å²) in [6.45, 7) is 3.63. The fraction of sp³-hybridized carbons (Fsp3) is 0.222. The van der Waals surface area contributed by atoms with E-state index in [-0.39, 0.29) is 5.82 Å². The number of rotatable bonds is 3. The molecule has 1 unspecified atom stereocenters. The summed E-state index contributed by atoms with van der Waals surface area (Å²) < 4.78 is 18.4. The number of nitrogens with zero attached hydrogens (tertiary/aromatic N) is 1. The highest BCUT2D eigenvalue weighted by molar-refractivity contribution is 7.12. The second-order valence-electron chi connectivity index (χ2n) is 5.51. The Bertz CT molecular complexity index is 841. The van der Waals surface area contributed by atoms with Crippen molar-refractivity contribution in [2.45, 2.75) is 19.9 Å². The minimum absolute atomic E-state index is 0.312. The number of esters is 1. The molecule has 0 radical (unpaired) electrons. The molecule has 1 N–H and O–H groups in total. The maximum absolute atomic E-state index is 13.5. The van der Waals surface area contributed by atoms with Crippen LogP contribution in [0.4, 0.5) is 4.39 Å². The van der Waals surface area contributed by atoms with Crippen molar-refractivity contribution in [2.75, 3.05) is 7.11 Å². The largest absolute Gasteiger partial charge is 0.466 e. The molecule has 0 fully saturated rings. The highest BCUT2D eigenvalue weighted by Crippen LogP contribution is 2.34. The first-order valence-electron chi connectivity index (χ1n) is 7.45. The number of ether oxygens (including phenoxy) is 1. The van der Waals surface area contributed by atoms with Crippen molar-refractivity contribution >= 4 is 23.1 Å². The summed E-state index contributed by atoms with van der Waals surface area (Å²) in [5, 5.41) is 5.14. The zero-order valence-corrected chi connectivity index (χ0v) is 14.4. The van der Waals surface area contributed by atoms with Crippen LogP contribution in [0.3, 0.4) is 0 Å². The van der Waals surface area contributed by atoms with E-state index >= 15 is 0 Å². The summed E-state index contributed by atoms with van der Waals surface area (Å²) in [6, 6.07) is 7.87. The van der Waals surface area contributed by atoms with Crippen molar-refractivity contribution in [2.24, 2.45) is 4.99 Å². The van der Waals surface area contributed by atoms with Crippen LogP contribution in [-0.2, 0) is 9.53 Å². The van der Waals surface area contributed by atoms with E-state index in [2.05, 4.69) is 5.32 Å². The molecule has 0 spiro atoms. The van der Waals surface area contributed by atoms with Gasteiger partial charge in [-0.3, -0.25) is 4.99 Å². The monoisotopic (exact) mass is 344 g/mol. The quantitative estimate of drug-likeness (QED) is 0.863. The molecule has 24 heavy (non-hydrogen) atoms. The molecule has 3 rings (SSSR count). The molecular formula is C18H17FN2O2S. The number of benzene rings is 1. The van der Waals surface area contributed by atoms with Crippen LogP contribution in [-0.4, -0.2) is 18.9 Å². The summed E-state index contributed by atoms with van der Waals surface area (Å²) in [5.41, 5.74) is 2.65. The van der Waals surface area contributed by atoms with E-state index in [9.17, 15) is 9.18 Å². The van der Waals surface area contributed by atoms with Crippen LogP contribution in [0.25, 0.3) is 0 Å². The van der Waals surface area contributed by atoms with Gasteiger partial charge in [-0.1, -0.05) is 12.1 Å². The van der Waals surface area contributed by atoms with Crippen LogP contribution < -0.4 is 5.32 Å². The Morgan fingerprint density at radius 2 is 2.12 bits per heavy atom. The number of hydrogen-bond acceptors (Lipinski definition) is 5. The number of aliphatic imine (C=N–C) groups is 1. The molecule has 124 valence electrons. The van der Waals surface area contributed by atoms with E-state index in [0.29, 0.717) is 17.1 Å². The summed E-state index contributed by atoms with van der Waals surface area (Å²) >= 11 is 1.56. The predicted octanol–water partition coefficient (Wildman–Crippen LogP) is 3.73. The fourth-order valence-electron chi connectivity index (χ4n) is 2.76. The molecule has 2 heterocycles. The molecule has 0 bridgehead atoms. The van der Waals surface area contributed by atoms with Crippen LogP contribution in [0.1, 0.15) is 29.0 Å². The standard InChI is InChI=1S/C18H17FN2O2S/c1-10-9-12(19)6-7-13(10)16-15(18(22)23-3)11(2)20-17(21-16)14-5-4-8-24-14/h4-9,16H,1-3H3,(H,20,21). The lowest BCUT2D eigenvalue weighted by Gasteiger charge is -2.26. The van der Waals surface area contributed by atoms with Crippen molar-refractivity contribution in [3.05, 3.63) is 68.8 Å². The first-order valence-corrected chi connectivity index (χ1v) is 8.33. The van der Waals surface area contributed by atoms with Crippen molar-refractivity contribution in [3.63, 3.8) is 0 Å². The average Bonchev–Trinajstić information content (AvgIpc) is 3.08. The minimum atomic E-state index is -0.531. The Kier molecular flexibility index (Phi) is 4.49. The summed E-state index contributed by atoms with van der Waals surface area (Å²) in [5.74, 6) is -0.0560. The van der Waals surface area contributed by atoms with E-state index < -0.39 is 12.0 Å². The summed E-state index contributed by atoms with van der Waals surface area (Å²) in [6.07, 6.45) is 0. The van der Waals surface area contributed by atoms with E-state index in [0.717, 1.165) is 16.0 Å². The lowest BCUT2D eigenvalue weighted by molar-refractivity contribution is -0.136. The van der Waals surface area contributed by atoms with Gasteiger partial charge in [0.15, 0.2) is 0 Å². The van der Waals surface area contributed by atoms with Crippen LogP contribution in [0.2, 0.25) is 0 Å². The number of nitrogens with one attached hydrogen (secondary N) is 1. The number of hydrogen-bond donors (Lipinski definition) is 1. The number of amidine groups is 1. The molecule has 6 heteroatoms. The van der Waals surface area contributed by atoms with Gasteiger partial charge in [-0.05, 0) is 48.6 Å². The molecule has 1 aliphatic rings. The lowest BCUT2D eigenvalue weighted by Crippen LogP contribution is -2.32. The van der Waals surface area contributed by atoms with Crippen molar-refractivity contribution in [1.82, 2.24) is 5.32 Å². The molecule has 1 aromatic heterocycles. The molecular weight excluding hydrogens is 327 g/mol. The Balaban J connectivity index is 2.14. The van der Waals surface area contributed by atoms with Crippen LogP contribution in [0.5, 0.6) is 0 Å². The van der Waals surface area contributed by atoms with E-state index in [1.54, 1.807) is 17.4 Å². The number of methoxy groups -OCH3 is 1. The maximum atomic E-state index is 13.5. The zero-order valence-electron chi connectivity index (χ0n) is 13.6. The SMILES string of the molecule is COC(=O)C1=C(C)NC(c2cccs2)=NC1c1ccc(F)cc1C. The topological polar surface area (TPSA) is 50.7 Å². The van der Waals surface area contributed by atoms with Gasteiger partial charge < -0.3 is 10.1 Å². The molecule has 4 nitrogen and oxygen atoms in total. The van der Waals surface area contributed by atoms with Gasteiger partial charge in [-0.25, -0.2) is 9.18 Å². The summed E-state index contributed by atoms with van der Waals surface area (Å²) in [7, 11) is 1.34. The number of allylic oxidation sites excluding steroid dienone is 1. The Morgan fingerprint density at radius 1 is 1.33 bits per heavy atom. The van der Waals surface area contributed by atoms with Gasteiger partial charge >= 0.3 is 5.97 Å². The van der Waals surface area contributed by atoms with Crippen LogP contribution >= 0.6 is 11.3 Å². The maximum Gasteiger partial charge on any atom is 0.338 e. The molecule has 1 aromatic carbocycles. The average molecular weight is 344 g/mol. The fourth-order valence-corrected chi connectivity index (χ4v) is 3.44. The second kappa shape index (κ2) is 6.57. The van der Waals surface area contributed by atoms with Gasteiger partial charge in [-0.2, -0.15) is 0 Å². The highest BCUT2D eigenvalue weighted by Gasteiger charge is 2.31. The van der Waals surface area contributed by atoms with Gasteiger partial charge in [0.05, 0.1) is 17.6 Å². The molecule has 0 amide bonds. The molecule has 1 atom stereocenters. The molecule has 1 aliphatic heterocycles. The van der Waals surface area contributed by atoms with E-state index in [4.69, 9.17) is 9.73 Å². The number of carbonyl (C=O) groups excluding carboxylic acids is 1. The lowest BCUT2D eigenvalue weighted by atomic mass is 9.92. The van der Waals surface area contributed by atoms with Crippen molar-refractivity contribution < 1.29 is 13.9 Å². The summed E-state index contributed by atoms with van der Waals surface area (Å²) in [4.78, 5) is 18.0. The molecule has 0 aliphatic carbocycles. The smallest absolute Gasteiger partial charge is 0.338 e. The first kappa shape index (κ1) is 16.4. The second-order valence-corrected chi connectivity index (χ2v) is 6.46. The van der Waals surface area contributed by atoms with Crippen LogP contribution in [0, 0.1) is 12.7 Å². The van der Waals surface area contributed by atoms with E-state index in [1.807, 2.05) is 31.4 Å². The minimum Gasteiger partial charge on any atom is -0.466 e. The number of halogens is 1. The van der Waals surface area contributed by atoms with Gasteiger partial charge in [-0.15, -0.1) is 11.3 Å². The van der Waals surface area contributed by atoms with E-state index in [1.165, 1.54) is 19.2 Å². The van der Waals surface area contributed by atoms with Crippen LogP contribution in [0.15, 0.2) is 52.0 Å². The molecule has 0 saturated heterocycles. The third-order valence-corrected chi connectivity index (χ3v) is 4.80. The molecule has 0 saturated carbocycles. The Labute approximate surface area is 143 Å². The Morgan fingerprint density at radius 3 is 2.75 bits per heavy atom. The first-order chi connectivity index (χ1) is 11.5. The van der Waals surface area contributed by atoms with Gasteiger partial charge in [0.1, 0.15) is 17.7 Å². The van der Waals surface area contributed by atoms with Crippen molar-refractivity contribution in [1.29, 1.82) is 0 Å². The number of aryl methyl sites for hydroxylation is 1. The van der Waals surface area contributed by atoms with Gasteiger partial charge in [0.2, 0.25) is 0 Å². The number of carbonyl (C=O) groups is 1. The molecule has 2 aromatic rings. The van der Waals surface area contributed by atoms with Gasteiger partial charge in [0.25, 0.3) is 0 Å².